The van der Waals surface area contributed by atoms with Crippen molar-refractivity contribution in [2.45, 2.75) is 46.1 Å². The second-order valence-electron chi connectivity index (χ2n) is 6.83. The van der Waals surface area contributed by atoms with E-state index < -0.39 is 6.10 Å². The largest absolute Gasteiger partial charge is 0.454 e. The predicted octanol–water partition coefficient (Wildman–Crippen LogP) is 4.74. The summed E-state index contributed by atoms with van der Waals surface area (Å²) in [6, 6.07) is 8.92. The standard InChI is InChI=1S/C21H26O3/c1-15(2)8-7-11-20(18-13-12-16(3)14-19(18)22)24-21(23)17-9-5-4-6-10-17/h4-7,9-11,14-15,18,20H,8,12-13H2,1-3H3/b11-7+/t18-,20+/m0/s1. The van der Waals surface area contributed by atoms with Crippen LogP contribution in [0.1, 0.15) is 50.4 Å². The fourth-order valence-corrected chi connectivity index (χ4v) is 2.78. The minimum atomic E-state index is -0.506. The SMILES string of the molecule is CC1=CC(=O)[C@@H]([C@@H](/C=C/CC(C)C)OC(=O)c2ccccc2)CC1. The summed E-state index contributed by atoms with van der Waals surface area (Å²) in [5.74, 6) is -0.0895. The fraction of sp³-hybridized carbons (Fsp3) is 0.429. The van der Waals surface area contributed by atoms with Crippen LogP contribution in [0.4, 0.5) is 0 Å². The molecule has 0 spiro atoms. The summed E-state index contributed by atoms with van der Waals surface area (Å²) in [5, 5.41) is 0. The van der Waals surface area contributed by atoms with Gasteiger partial charge in [-0.2, -0.15) is 0 Å². The average Bonchev–Trinajstić information content (AvgIpc) is 2.54. The van der Waals surface area contributed by atoms with Crippen LogP contribution in [-0.4, -0.2) is 17.9 Å². The number of carbonyl (C=O) groups excluding carboxylic acids is 2. The molecule has 0 heterocycles. The van der Waals surface area contributed by atoms with E-state index in [1.54, 1.807) is 30.3 Å². The molecule has 0 saturated heterocycles. The third kappa shape index (κ3) is 5.19. The molecule has 0 saturated carbocycles. The van der Waals surface area contributed by atoms with Crippen LogP contribution in [0.15, 0.2) is 54.1 Å². The molecule has 0 aromatic heterocycles. The van der Waals surface area contributed by atoms with Crippen molar-refractivity contribution in [3.8, 4) is 0 Å². The molecule has 3 nitrogen and oxygen atoms in total. The van der Waals surface area contributed by atoms with Crippen molar-refractivity contribution >= 4 is 11.8 Å². The first-order valence-corrected chi connectivity index (χ1v) is 8.61. The molecule has 3 heteroatoms. The number of ether oxygens (including phenoxy) is 1. The monoisotopic (exact) mass is 326 g/mol. The molecule has 0 bridgehead atoms. The van der Waals surface area contributed by atoms with Crippen LogP contribution >= 0.6 is 0 Å². The number of ketones is 1. The summed E-state index contributed by atoms with van der Waals surface area (Å²) in [4.78, 5) is 24.7. The second-order valence-corrected chi connectivity index (χ2v) is 6.83. The first-order chi connectivity index (χ1) is 11.5. The number of rotatable bonds is 6. The topological polar surface area (TPSA) is 43.4 Å². The summed E-state index contributed by atoms with van der Waals surface area (Å²) < 4.78 is 5.69. The third-order valence-electron chi connectivity index (χ3n) is 4.19. The first-order valence-electron chi connectivity index (χ1n) is 8.61. The maximum Gasteiger partial charge on any atom is 0.338 e. The predicted molar refractivity (Wildman–Crippen MR) is 95.7 cm³/mol. The molecule has 1 aliphatic carbocycles. The Hall–Kier alpha value is -2.16. The van der Waals surface area contributed by atoms with Gasteiger partial charge in [0.05, 0.1) is 11.5 Å². The highest BCUT2D eigenvalue weighted by atomic mass is 16.5. The van der Waals surface area contributed by atoms with Gasteiger partial charge in [0.15, 0.2) is 5.78 Å². The van der Waals surface area contributed by atoms with Crippen molar-refractivity contribution < 1.29 is 14.3 Å². The Labute approximate surface area is 144 Å². The Morgan fingerprint density at radius 3 is 2.62 bits per heavy atom. The van der Waals surface area contributed by atoms with Crippen molar-refractivity contribution in [1.29, 1.82) is 0 Å². The van der Waals surface area contributed by atoms with E-state index in [1.165, 1.54) is 0 Å². The molecule has 0 unspecified atom stereocenters. The van der Waals surface area contributed by atoms with Gasteiger partial charge in [-0.3, -0.25) is 4.79 Å². The summed E-state index contributed by atoms with van der Waals surface area (Å²) in [7, 11) is 0. The van der Waals surface area contributed by atoms with Crippen LogP contribution in [-0.2, 0) is 9.53 Å². The van der Waals surface area contributed by atoms with Crippen molar-refractivity contribution in [3.05, 3.63) is 59.7 Å². The number of carbonyl (C=O) groups is 2. The van der Waals surface area contributed by atoms with Gasteiger partial charge in [0.25, 0.3) is 0 Å². The molecule has 1 aromatic rings. The van der Waals surface area contributed by atoms with E-state index in [4.69, 9.17) is 4.74 Å². The van der Waals surface area contributed by atoms with Gasteiger partial charge in [-0.1, -0.05) is 43.7 Å². The van der Waals surface area contributed by atoms with E-state index in [9.17, 15) is 9.59 Å². The van der Waals surface area contributed by atoms with Crippen LogP contribution in [0.3, 0.4) is 0 Å². The summed E-state index contributed by atoms with van der Waals surface area (Å²) in [5.41, 5.74) is 1.60. The molecule has 1 aliphatic rings. The van der Waals surface area contributed by atoms with E-state index in [-0.39, 0.29) is 17.7 Å². The Balaban J connectivity index is 2.15. The third-order valence-corrected chi connectivity index (χ3v) is 4.19. The van der Waals surface area contributed by atoms with Crippen molar-refractivity contribution in [3.63, 3.8) is 0 Å². The van der Waals surface area contributed by atoms with E-state index in [1.807, 2.05) is 25.1 Å². The zero-order valence-electron chi connectivity index (χ0n) is 14.7. The van der Waals surface area contributed by atoms with Gasteiger partial charge in [0.1, 0.15) is 6.10 Å². The van der Waals surface area contributed by atoms with Gasteiger partial charge >= 0.3 is 5.97 Å². The lowest BCUT2D eigenvalue weighted by Crippen LogP contribution is -2.32. The summed E-state index contributed by atoms with van der Waals surface area (Å²) in [6.45, 7) is 6.23. The van der Waals surface area contributed by atoms with E-state index >= 15 is 0 Å². The molecule has 0 aliphatic heterocycles. The molecule has 24 heavy (non-hydrogen) atoms. The first kappa shape index (κ1) is 18.2. The van der Waals surface area contributed by atoms with Crippen molar-refractivity contribution in [2.24, 2.45) is 11.8 Å². The molecule has 0 N–H and O–H groups in total. The maximum atomic E-state index is 12.4. The molecule has 0 radical (unpaired) electrons. The van der Waals surface area contributed by atoms with Crippen LogP contribution in [0, 0.1) is 11.8 Å². The molecular weight excluding hydrogens is 300 g/mol. The highest BCUT2D eigenvalue weighted by Gasteiger charge is 2.30. The normalized spacial score (nSPS) is 19.4. The molecule has 0 fully saturated rings. The van der Waals surface area contributed by atoms with Gasteiger partial charge in [0, 0.05) is 0 Å². The maximum absolute atomic E-state index is 12.4. The minimum Gasteiger partial charge on any atom is -0.454 e. The Bertz CT molecular complexity index is 626. The van der Waals surface area contributed by atoms with Gasteiger partial charge in [0.2, 0.25) is 0 Å². The van der Waals surface area contributed by atoms with Crippen LogP contribution in [0.2, 0.25) is 0 Å². The highest BCUT2D eigenvalue weighted by molar-refractivity contribution is 5.94. The molecule has 2 rings (SSSR count). The van der Waals surface area contributed by atoms with Crippen molar-refractivity contribution in [1.82, 2.24) is 0 Å². The van der Waals surface area contributed by atoms with Gasteiger partial charge in [-0.15, -0.1) is 0 Å². The molecular formula is C21H26O3. The fourth-order valence-electron chi connectivity index (χ4n) is 2.78. The van der Waals surface area contributed by atoms with Crippen LogP contribution < -0.4 is 0 Å². The Morgan fingerprint density at radius 2 is 2.00 bits per heavy atom. The minimum absolute atomic E-state index is 0.0545. The van der Waals surface area contributed by atoms with Crippen LogP contribution in [0.5, 0.6) is 0 Å². The number of benzene rings is 1. The molecule has 1 aromatic carbocycles. The Morgan fingerprint density at radius 1 is 1.29 bits per heavy atom. The number of hydrogen-bond donors (Lipinski definition) is 0. The molecule has 128 valence electrons. The lowest BCUT2D eigenvalue weighted by molar-refractivity contribution is -0.121. The number of hydrogen-bond acceptors (Lipinski definition) is 3. The van der Waals surface area contributed by atoms with Gasteiger partial charge < -0.3 is 4.74 Å². The van der Waals surface area contributed by atoms with Gasteiger partial charge in [-0.25, -0.2) is 4.79 Å². The molecule has 2 atom stereocenters. The van der Waals surface area contributed by atoms with Crippen LogP contribution in [0.25, 0.3) is 0 Å². The average molecular weight is 326 g/mol. The number of allylic oxidation sites excluding steroid dienone is 3. The van der Waals surface area contributed by atoms with E-state index in [0.29, 0.717) is 11.5 Å². The summed E-state index contributed by atoms with van der Waals surface area (Å²) in [6.07, 6.45) is 7.58. The van der Waals surface area contributed by atoms with E-state index in [0.717, 1.165) is 24.8 Å². The van der Waals surface area contributed by atoms with Crippen molar-refractivity contribution in [2.75, 3.05) is 0 Å². The smallest absolute Gasteiger partial charge is 0.338 e. The molecule has 0 amide bonds. The van der Waals surface area contributed by atoms with Gasteiger partial charge in [-0.05, 0) is 56.4 Å². The number of esters is 1. The zero-order valence-corrected chi connectivity index (χ0v) is 14.7. The lowest BCUT2D eigenvalue weighted by Gasteiger charge is -2.26. The quantitative estimate of drug-likeness (QED) is 0.560. The highest BCUT2D eigenvalue weighted by Crippen LogP contribution is 2.26. The lowest BCUT2D eigenvalue weighted by atomic mass is 9.84. The van der Waals surface area contributed by atoms with E-state index in [2.05, 4.69) is 13.8 Å². The second kappa shape index (κ2) is 8.62. The zero-order chi connectivity index (χ0) is 17.5. The summed E-state index contributed by atoms with van der Waals surface area (Å²) >= 11 is 0. The Kier molecular flexibility index (Phi) is 6.53.